The Kier molecular flexibility index (Phi) is 4.72. The van der Waals surface area contributed by atoms with Crippen LogP contribution in [0, 0.1) is 23.3 Å². The van der Waals surface area contributed by atoms with Gasteiger partial charge in [0.05, 0.1) is 15.7 Å². The number of aromatic amines is 1. The Labute approximate surface area is 138 Å². The summed E-state index contributed by atoms with van der Waals surface area (Å²) in [4.78, 5) is 5.96. The van der Waals surface area contributed by atoms with Gasteiger partial charge >= 0.3 is 0 Å². The van der Waals surface area contributed by atoms with Crippen LogP contribution >= 0.6 is 23.2 Å². The molecule has 0 aliphatic rings. The number of hydrogen-bond acceptors (Lipinski definition) is 2. The molecule has 23 heavy (non-hydrogen) atoms. The van der Waals surface area contributed by atoms with Gasteiger partial charge in [0, 0.05) is 0 Å². The molecular weight excluding hydrogens is 357 g/mol. The van der Waals surface area contributed by atoms with Gasteiger partial charge in [0.25, 0.3) is 0 Å². The summed E-state index contributed by atoms with van der Waals surface area (Å²) in [5.41, 5.74) is -1.06. The second kappa shape index (κ2) is 6.25. The number of benzene rings is 2. The summed E-state index contributed by atoms with van der Waals surface area (Å²) >= 11 is 11.9. The van der Waals surface area contributed by atoms with Crippen molar-refractivity contribution in [3.05, 3.63) is 51.5 Å². The van der Waals surface area contributed by atoms with Crippen LogP contribution < -0.4 is 5.32 Å². The van der Waals surface area contributed by atoms with E-state index in [4.69, 9.17) is 23.2 Å². The number of H-pyrrole nitrogens is 1. The highest BCUT2D eigenvalue weighted by Crippen LogP contribution is 2.33. The molecule has 3 nitrogen and oxygen atoms in total. The molecule has 2 N–H and O–H groups in total. The summed E-state index contributed by atoms with van der Waals surface area (Å²) in [6.07, 6.45) is 0. The maximum Gasteiger partial charge on any atom is 0.205 e. The number of imidazole rings is 1. The average molecular weight is 366 g/mol. The van der Waals surface area contributed by atoms with Crippen LogP contribution in [0.4, 0.5) is 29.2 Å². The Bertz CT molecular complexity index is 830. The lowest BCUT2D eigenvalue weighted by molar-refractivity contribution is 0.417. The number of halogens is 6. The molecule has 3 rings (SSSR count). The van der Waals surface area contributed by atoms with E-state index < -0.39 is 34.3 Å². The SMILES string of the molecule is C.Fc1c(F)c(F)c2[nH]c(Nc3c(Cl)cccc3Cl)nc2c1F. The molecule has 0 spiro atoms. The molecule has 0 aliphatic heterocycles. The maximum atomic E-state index is 13.6. The Morgan fingerprint density at radius 2 is 1.48 bits per heavy atom. The quantitative estimate of drug-likeness (QED) is 0.342. The third-order valence-electron chi connectivity index (χ3n) is 2.92. The van der Waals surface area contributed by atoms with E-state index in [0.29, 0.717) is 0 Å². The molecule has 3 aromatic rings. The molecule has 0 amide bonds. The fraction of sp³-hybridized carbons (Fsp3) is 0.0714. The lowest BCUT2D eigenvalue weighted by atomic mass is 10.2. The molecule has 0 bridgehead atoms. The highest BCUT2D eigenvalue weighted by molar-refractivity contribution is 6.39. The molecule has 0 unspecified atom stereocenters. The average Bonchev–Trinajstić information content (AvgIpc) is 2.91. The lowest BCUT2D eigenvalue weighted by Gasteiger charge is -2.06. The number of rotatable bonds is 2. The number of nitrogens with zero attached hydrogens (tertiary/aromatic N) is 1. The van der Waals surface area contributed by atoms with Gasteiger partial charge in [0.1, 0.15) is 11.0 Å². The van der Waals surface area contributed by atoms with Crippen LogP contribution in [-0.2, 0) is 0 Å². The first-order valence-electron chi connectivity index (χ1n) is 5.83. The summed E-state index contributed by atoms with van der Waals surface area (Å²) in [6.45, 7) is 0. The molecule has 1 aromatic heterocycles. The normalized spacial score (nSPS) is 10.7. The van der Waals surface area contributed by atoms with Crippen LogP contribution in [0.5, 0.6) is 0 Å². The third kappa shape index (κ3) is 2.82. The van der Waals surface area contributed by atoms with Crippen molar-refractivity contribution in [2.45, 2.75) is 7.43 Å². The first-order chi connectivity index (χ1) is 10.4. The zero-order valence-corrected chi connectivity index (χ0v) is 12.0. The van der Waals surface area contributed by atoms with Crippen LogP contribution in [0.1, 0.15) is 7.43 Å². The van der Waals surface area contributed by atoms with Crippen LogP contribution in [0.25, 0.3) is 11.0 Å². The Morgan fingerprint density at radius 1 is 0.913 bits per heavy atom. The van der Waals surface area contributed by atoms with E-state index in [1.807, 2.05) is 0 Å². The molecule has 9 heteroatoms. The minimum Gasteiger partial charge on any atom is -0.323 e. The number of hydrogen-bond donors (Lipinski definition) is 2. The first-order valence-corrected chi connectivity index (χ1v) is 6.58. The van der Waals surface area contributed by atoms with Gasteiger partial charge in [0.2, 0.25) is 5.95 Å². The van der Waals surface area contributed by atoms with Gasteiger partial charge in [-0.15, -0.1) is 0 Å². The van der Waals surface area contributed by atoms with Gasteiger partial charge in [0.15, 0.2) is 23.3 Å². The Morgan fingerprint density at radius 3 is 2.09 bits per heavy atom. The van der Waals surface area contributed by atoms with Crippen LogP contribution in [0.15, 0.2) is 18.2 Å². The van der Waals surface area contributed by atoms with Crippen molar-refractivity contribution in [3.8, 4) is 0 Å². The van der Waals surface area contributed by atoms with Crippen LogP contribution in [-0.4, -0.2) is 9.97 Å². The van der Waals surface area contributed by atoms with E-state index >= 15 is 0 Å². The van der Waals surface area contributed by atoms with E-state index in [9.17, 15) is 17.6 Å². The molecule has 0 fully saturated rings. The third-order valence-corrected chi connectivity index (χ3v) is 3.55. The van der Waals surface area contributed by atoms with Gasteiger partial charge in [-0.1, -0.05) is 36.7 Å². The largest absolute Gasteiger partial charge is 0.323 e. The topological polar surface area (TPSA) is 40.7 Å². The van der Waals surface area contributed by atoms with Crippen LogP contribution in [0.3, 0.4) is 0 Å². The molecule has 122 valence electrons. The number of anilines is 2. The van der Waals surface area contributed by atoms with E-state index in [2.05, 4.69) is 15.3 Å². The molecule has 0 atom stereocenters. The fourth-order valence-corrected chi connectivity index (χ4v) is 2.38. The molecule has 0 radical (unpaired) electrons. The first kappa shape index (κ1) is 17.4. The predicted molar refractivity (Wildman–Crippen MR) is 82.4 cm³/mol. The second-order valence-corrected chi connectivity index (χ2v) is 5.10. The second-order valence-electron chi connectivity index (χ2n) is 4.29. The molecular formula is C14H9Cl2F4N3. The summed E-state index contributed by atoms with van der Waals surface area (Å²) < 4.78 is 53.6. The van der Waals surface area contributed by atoms with Crippen molar-refractivity contribution in [2.75, 3.05) is 5.32 Å². The van der Waals surface area contributed by atoms with Crippen molar-refractivity contribution in [2.24, 2.45) is 0 Å². The Hall–Kier alpha value is -1.99. The van der Waals surface area contributed by atoms with Gasteiger partial charge in [-0.2, -0.15) is 0 Å². The number of fused-ring (bicyclic) bond motifs is 1. The van der Waals surface area contributed by atoms with Gasteiger partial charge < -0.3 is 10.3 Å². The van der Waals surface area contributed by atoms with Crippen LogP contribution in [0.2, 0.25) is 10.0 Å². The zero-order chi connectivity index (χ0) is 16.0. The number of aromatic nitrogens is 2. The summed E-state index contributed by atoms with van der Waals surface area (Å²) in [5.74, 6) is -7.19. The standard InChI is InChI=1S/C13H5Cl2F4N3.CH4/c14-4-2-1-3-5(15)10(4)20-13-21-11-8(18)6(16)7(17)9(19)12(11)22-13;/h1-3H,(H2,20,21,22);1H4. The molecule has 2 aromatic carbocycles. The molecule has 0 saturated heterocycles. The van der Waals surface area contributed by atoms with E-state index in [0.717, 1.165) is 0 Å². The smallest absolute Gasteiger partial charge is 0.205 e. The van der Waals surface area contributed by atoms with Gasteiger partial charge in [-0.3, -0.25) is 0 Å². The fourth-order valence-electron chi connectivity index (χ4n) is 1.89. The predicted octanol–water partition coefficient (Wildman–Crippen LogP) is 5.81. The summed E-state index contributed by atoms with van der Waals surface area (Å²) in [6, 6.07) is 4.65. The van der Waals surface area contributed by atoms with Crippen molar-refractivity contribution < 1.29 is 17.6 Å². The Balaban J connectivity index is 0.00000192. The minimum absolute atomic E-state index is 0. The van der Waals surface area contributed by atoms with Crippen molar-refractivity contribution in [3.63, 3.8) is 0 Å². The maximum absolute atomic E-state index is 13.6. The molecule has 0 aliphatic carbocycles. The molecule has 0 saturated carbocycles. The lowest BCUT2D eigenvalue weighted by Crippen LogP contribution is -1.97. The van der Waals surface area contributed by atoms with Gasteiger partial charge in [-0.05, 0) is 12.1 Å². The zero-order valence-electron chi connectivity index (χ0n) is 10.4. The van der Waals surface area contributed by atoms with E-state index in [-0.39, 0.29) is 29.1 Å². The van der Waals surface area contributed by atoms with E-state index in [1.165, 1.54) is 12.1 Å². The van der Waals surface area contributed by atoms with Crippen molar-refractivity contribution in [1.29, 1.82) is 0 Å². The number of para-hydroxylation sites is 1. The number of nitrogens with one attached hydrogen (secondary N) is 2. The molecule has 1 heterocycles. The minimum atomic E-state index is -1.93. The van der Waals surface area contributed by atoms with Crippen molar-refractivity contribution >= 4 is 45.9 Å². The van der Waals surface area contributed by atoms with Gasteiger partial charge in [-0.25, -0.2) is 22.5 Å². The monoisotopic (exact) mass is 365 g/mol. The summed E-state index contributed by atoms with van der Waals surface area (Å²) in [5, 5.41) is 3.07. The highest BCUT2D eigenvalue weighted by Gasteiger charge is 2.23. The van der Waals surface area contributed by atoms with E-state index in [1.54, 1.807) is 6.07 Å². The highest BCUT2D eigenvalue weighted by atomic mass is 35.5. The van der Waals surface area contributed by atoms with Crippen molar-refractivity contribution in [1.82, 2.24) is 9.97 Å². The summed E-state index contributed by atoms with van der Waals surface area (Å²) in [7, 11) is 0.